The van der Waals surface area contributed by atoms with Crippen molar-refractivity contribution in [1.82, 2.24) is 20.9 Å². The second-order valence-corrected chi connectivity index (χ2v) is 12.9. The molecule has 0 fully saturated rings. The number of nitrogens with two attached hydrogens (primary N) is 1. The van der Waals surface area contributed by atoms with E-state index < -0.39 is 59.2 Å². The monoisotopic (exact) mass is 759 g/mol. The summed E-state index contributed by atoms with van der Waals surface area (Å²) < 4.78 is 16.1. The van der Waals surface area contributed by atoms with Crippen molar-refractivity contribution in [3.8, 4) is 0 Å². The number of aromatic nitrogens is 1. The highest BCUT2D eigenvalue weighted by Gasteiger charge is 2.43. The van der Waals surface area contributed by atoms with Gasteiger partial charge in [0.1, 0.15) is 23.0 Å². The fourth-order valence-electron chi connectivity index (χ4n) is 4.07. The highest BCUT2D eigenvalue weighted by atomic mass is 127. The van der Waals surface area contributed by atoms with Crippen LogP contribution in [0.15, 0.2) is 36.5 Å². The number of rotatable bonds is 18. The number of alkyl halides is 1. The van der Waals surface area contributed by atoms with E-state index in [2.05, 4.69) is 20.9 Å². The Hall–Kier alpha value is -2.99. The summed E-state index contributed by atoms with van der Waals surface area (Å²) in [5.74, 6) is -3.45. The molecule has 5 N–H and O–H groups in total. The molecule has 45 heavy (non-hydrogen) atoms. The zero-order chi connectivity index (χ0) is 33.7. The Balaban J connectivity index is 2.30. The molecule has 0 radical (unpaired) electrons. The van der Waals surface area contributed by atoms with Crippen LogP contribution in [-0.2, 0) is 39.8 Å². The second-order valence-electron chi connectivity index (χ2n) is 10.9. The average Bonchev–Trinajstić information content (AvgIpc) is 3.45. The predicted molar refractivity (Wildman–Crippen MR) is 177 cm³/mol. The number of nitrogens with zero attached hydrogens (tertiary/aromatic N) is 1. The lowest BCUT2D eigenvalue weighted by Gasteiger charge is -2.32. The number of ether oxygens (including phenoxy) is 3. The first kappa shape index (κ1) is 38.2. The van der Waals surface area contributed by atoms with Gasteiger partial charge in [-0.2, -0.15) is 0 Å². The van der Waals surface area contributed by atoms with E-state index in [4.69, 9.17) is 19.9 Å². The summed E-state index contributed by atoms with van der Waals surface area (Å²) in [7, 11) is 2.72. The van der Waals surface area contributed by atoms with Crippen LogP contribution in [0.2, 0.25) is 0 Å². The lowest BCUT2D eigenvalue weighted by molar-refractivity contribution is -0.166. The Morgan fingerprint density at radius 3 is 2.00 bits per heavy atom. The van der Waals surface area contributed by atoms with Crippen molar-refractivity contribution in [2.24, 2.45) is 11.7 Å². The van der Waals surface area contributed by atoms with Crippen LogP contribution < -0.4 is 21.7 Å². The summed E-state index contributed by atoms with van der Waals surface area (Å²) in [4.78, 5) is 70.7. The van der Waals surface area contributed by atoms with Gasteiger partial charge in [-0.15, -0.1) is 11.3 Å². The highest BCUT2D eigenvalue weighted by molar-refractivity contribution is 14.1. The van der Waals surface area contributed by atoms with Crippen LogP contribution in [0.5, 0.6) is 0 Å². The van der Waals surface area contributed by atoms with Gasteiger partial charge >= 0.3 is 5.97 Å². The van der Waals surface area contributed by atoms with Gasteiger partial charge in [-0.25, -0.2) is 4.98 Å². The van der Waals surface area contributed by atoms with Gasteiger partial charge in [-0.1, -0.05) is 66.8 Å². The number of hydrogen-bond acceptors (Lipinski definition) is 11. The molecule has 3 amide bonds. The molecule has 0 aliphatic rings. The molecule has 0 aliphatic heterocycles. The van der Waals surface area contributed by atoms with Crippen molar-refractivity contribution in [2.45, 2.75) is 63.9 Å². The van der Waals surface area contributed by atoms with Crippen LogP contribution in [0.4, 0.5) is 0 Å². The average molecular weight is 760 g/mol. The molecule has 0 aliphatic carbocycles. The molecule has 4 unspecified atom stereocenters. The third-order valence-corrected chi connectivity index (χ3v) is 9.14. The number of halogens is 1. The number of esters is 1. The summed E-state index contributed by atoms with van der Waals surface area (Å²) in [5, 5.41) is 8.59. The lowest BCUT2D eigenvalue weighted by Crippen LogP contribution is -2.60. The Morgan fingerprint density at radius 2 is 1.51 bits per heavy atom. The van der Waals surface area contributed by atoms with E-state index in [0.717, 1.165) is 16.9 Å². The first-order valence-corrected chi connectivity index (χ1v) is 16.5. The summed E-state index contributed by atoms with van der Waals surface area (Å²) >= 11 is 3.11. The number of carbonyl (C=O) groups is 5. The van der Waals surface area contributed by atoms with Crippen molar-refractivity contribution in [3.05, 3.63) is 52.0 Å². The topological polar surface area (TPSA) is 188 Å². The molecule has 1 aromatic carbocycles. The van der Waals surface area contributed by atoms with E-state index in [9.17, 15) is 24.0 Å². The first-order chi connectivity index (χ1) is 21.3. The number of hydrogen-bond donors (Lipinski definition) is 4. The molecule has 5 atom stereocenters. The summed E-state index contributed by atoms with van der Waals surface area (Å²) in [6.45, 7) is 6.34. The molecular formula is C30H42IN5O8S. The smallest absolute Gasteiger partial charge is 0.324 e. The minimum Gasteiger partial charge on any atom is -0.449 e. The SMILES string of the molecule is COCC(NC(=O)c1cnc(C)s1)C(=O)NC(COC)C(=O)NC(Cc1ccccc1)C(=O)C(C)(CI)OC(=O)[C@@H](N)C(C)C. The Bertz CT molecular complexity index is 1310. The van der Waals surface area contributed by atoms with Crippen LogP contribution in [0.25, 0.3) is 0 Å². The molecule has 0 spiro atoms. The molecule has 1 heterocycles. The number of methoxy groups -OCH3 is 2. The van der Waals surface area contributed by atoms with E-state index in [1.165, 1.54) is 27.3 Å². The third-order valence-electron chi connectivity index (χ3n) is 6.77. The molecule has 0 bridgehead atoms. The summed E-state index contributed by atoms with van der Waals surface area (Å²) in [6, 6.07) is 4.51. The van der Waals surface area contributed by atoms with Gasteiger partial charge < -0.3 is 35.9 Å². The predicted octanol–water partition coefficient (Wildman–Crippen LogP) is 1.34. The van der Waals surface area contributed by atoms with E-state index in [0.29, 0.717) is 9.88 Å². The largest absolute Gasteiger partial charge is 0.449 e. The van der Waals surface area contributed by atoms with Crippen LogP contribution in [0, 0.1) is 12.8 Å². The normalized spacial score (nSPS) is 15.2. The van der Waals surface area contributed by atoms with Crippen LogP contribution >= 0.6 is 33.9 Å². The molecule has 1 aromatic heterocycles. The van der Waals surface area contributed by atoms with E-state index in [1.807, 2.05) is 28.7 Å². The van der Waals surface area contributed by atoms with Crippen molar-refractivity contribution in [3.63, 3.8) is 0 Å². The number of benzene rings is 1. The Morgan fingerprint density at radius 1 is 0.956 bits per heavy atom. The summed E-state index contributed by atoms with van der Waals surface area (Å²) in [6.07, 6.45) is 1.48. The highest BCUT2D eigenvalue weighted by Crippen LogP contribution is 2.22. The Kier molecular flexibility index (Phi) is 15.5. The molecule has 2 aromatic rings. The van der Waals surface area contributed by atoms with Gasteiger partial charge in [0.15, 0.2) is 11.4 Å². The maximum absolute atomic E-state index is 14.0. The molecule has 0 saturated carbocycles. The lowest BCUT2D eigenvalue weighted by atomic mass is 9.91. The third kappa shape index (κ3) is 11.4. The zero-order valence-electron chi connectivity index (χ0n) is 26.3. The fourth-order valence-corrected chi connectivity index (χ4v) is 5.29. The quantitative estimate of drug-likeness (QED) is 0.0982. The van der Waals surface area contributed by atoms with Gasteiger partial charge in [0.25, 0.3) is 5.91 Å². The number of ketones is 1. The number of Topliss-reactive ketones (excluding diaryl/α,β-unsaturated/α-hetero) is 1. The van der Waals surface area contributed by atoms with Crippen molar-refractivity contribution in [2.75, 3.05) is 31.9 Å². The molecule has 13 nitrogen and oxygen atoms in total. The van der Waals surface area contributed by atoms with Crippen LogP contribution in [-0.4, -0.2) is 96.1 Å². The number of thiazole rings is 1. The van der Waals surface area contributed by atoms with E-state index >= 15 is 0 Å². The summed E-state index contributed by atoms with van der Waals surface area (Å²) in [5.41, 5.74) is 5.11. The minimum absolute atomic E-state index is 0.0791. The van der Waals surface area contributed by atoms with Crippen LogP contribution in [0.1, 0.15) is 41.0 Å². The van der Waals surface area contributed by atoms with Gasteiger partial charge in [0, 0.05) is 18.6 Å². The van der Waals surface area contributed by atoms with Crippen molar-refractivity contribution in [1.29, 1.82) is 0 Å². The zero-order valence-corrected chi connectivity index (χ0v) is 29.2. The molecular weight excluding hydrogens is 717 g/mol. The molecule has 15 heteroatoms. The van der Waals surface area contributed by atoms with E-state index in [1.54, 1.807) is 45.0 Å². The molecule has 0 saturated heterocycles. The van der Waals surface area contributed by atoms with Crippen LogP contribution in [0.3, 0.4) is 0 Å². The second kappa shape index (κ2) is 18.2. The number of aryl methyl sites for hydroxylation is 1. The van der Waals surface area contributed by atoms with E-state index in [-0.39, 0.29) is 30.0 Å². The first-order valence-electron chi connectivity index (χ1n) is 14.2. The van der Waals surface area contributed by atoms with Gasteiger partial charge in [-0.3, -0.25) is 24.0 Å². The molecule has 2 rings (SSSR count). The number of carbonyl (C=O) groups excluding carboxylic acids is 5. The van der Waals surface area contributed by atoms with Crippen molar-refractivity contribution < 1.29 is 38.2 Å². The van der Waals surface area contributed by atoms with Gasteiger partial charge in [0.2, 0.25) is 11.8 Å². The molecule has 248 valence electrons. The van der Waals surface area contributed by atoms with Gasteiger partial charge in [-0.05, 0) is 31.7 Å². The number of amides is 3. The van der Waals surface area contributed by atoms with Gasteiger partial charge in [0.05, 0.1) is 30.5 Å². The maximum atomic E-state index is 14.0. The standard InChI is InChI=1S/C30H42IN5O8S/c1-17(2)24(32)29(41)44-30(4,16-31)25(37)20(12-19-10-8-7-9-11-19)34-26(38)21(14-42-5)35-27(39)22(15-43-6)36-28(40)23-13-33-18(3)45-23/h7-11,13,17,20-22,24H,12,14-16,32H2,1-6H3,(H,34,38)(H,35,39)(H,36,40)/t20?,21?,22?,24-,30?/m0/s1. The number of nitrogens with one attached hydrogen (secondary N) is 3. The minimum atomic E-state index is -1.61. The Labute approximate surface area is 280 Å². The maximum Gasteiger partial charge on any atom is 0.324 e. The van der Waals surface area contributed by atoms with Crippen molar-refractivity contribution >= 4 is 63.4 Å². The fraction of sp³-hybridized carbons (Fsp3) is 0.533.